The van der Waals surface area contributed by atoms with Gasteiger partial charge in [-0.3, -0.25) is 4.79 Å². The highest BCUT2D eigenvalue weighted by Crippen LogP contribution is 2.27. The molecule has 0 aliphatic heterocycles. The van der Waals surface area contributed by atoms with Crippen LogP contribution in [0.4, 0.5) is 0 Å². The molecule has 2 aliphatic rings. The summed E-state index contributed by atoms with van der Waals surface area (Å²) >= 11 is 0. The lowest BCUT2D eigenvalue weighted by Gasteiger charge is -2.24. The highest BCUT2D eigenvalue weighted by Gasteiger charge is 2.28. The molecule has 1 aromatic rings. The normalized spacial score (nSPS) is 28.9. The van der Waals surface area contributed by atoms with E-state index in [0.29, 0.717) is 6.54 Å². The number of aliphatic hydroxyl groups is 1. The van der Waals surface area contributed by atoms with Gasteiger partial charge in [-0.15, -0.1) is 0 Å². The zero-order valence-electron chi connectivity index (χ0n) is 11.8. The molecule has 0 saturated heterocycles. The molecule has 0 heterocycles. The van der Waals surface area contributed by atoms with E-state index in [4.69, 9.17) is 0 Å². The minimum Gasteiger partial charge on any atom is -0.393 e. The summed E-state index contributed by atoms with van der Waals surface area (Å²) < 4.78 is 0. The average molecular weight is 273 g/mol. The van der Waals surface area contributed by atoms with Crippen molar-refractivity contribution < 1.29 is 9.90 Å². The van der Waals surface area contributed by atoms with E-state index >= 15 is 0 Å². The number of aliphatic hydroxyl groups excluding tert-OH is 1. The summed E-state index contributed by atoms with van der Waals surface area (Å²) in [7, 11) is 0. The van der Waals surface area contributed by atoms with Crippen molar-refractivity contribution in [2.45, 2.75) is 44.6 Å². The van der Waals surface area contributed by atoms with Crippen LogP contribution in [-0.2, 0) is 17.6 Å². The van der Waals surface area contributed by atoms with Gasteiger partial charge in [-0.1, -0.05) is 30.7 Å². The van der Waals surface area contributed by atoms with Gasteiger partial charge in [0.15, 0.2) is 0 Å². The SMILES string of the molecule is O=C(NCC1CCCC1O)C1CCc2ccccc2C1. The molecule has 2 N–H and O–H groups in total. The van der Waals surface area contributed by atoms with Crippen molar-refractivity contribution in [1.29, 1.82) is 0 Å². The topological polar surface area (TPSA) is 49.3 Å². The number of amides is 1. The maximum absolute atomic E-state index is 12.3. The Hall–Kier alpha value is -1.35. The van der Waals surface area contributed by atoms with Crippen molar-refractivity contribution in [3.63, 3.8) is 0 Å². The quantitative estimate of drug-likeness (QED) is 0.885. The molecule has 3 unspecified atom stereocenters. The summed E-state index contributed by atoms with van der Waals surface area (Å²) in [5, 5.41) is 12.8. The second-order valence-electron chi connectivity index (χ2n) is 6.21. The number of carbonyl (C=O) groups excluding carboxylic acids is 1. The molecule has 1 amide bonds. The second kappa shape index (κ2) is 5.96. The molecular weight excluding hydrogens is 250 g/mol. The molecule has 3 atom stereocenters. The number of benzene rings is 1. The molecule has 1 aromatic carbocycles. The van der Waals surface area contributed by atoms with Gasteiger partial charge < -0.3 is 10.4 Å². The zero-order valence-corrected chi connectivity index (χ0v) is 11.8. The number of fused-ring (bicyclic) bond motifs is 1. The Kier molecular flexibility index (Phi) is 4.06. The molecule has 108 valence electrons. The molecule has 2 aliphatic carbocycles. The highest BCUT2D eigenvalue weighted by molar-refractivity contribution is 5.79. The van der Waals surface area contributed by atoms with Crippen molar-refractivity contribution in [1.82, 2.24) is 5.32 Å². The van der Waals surface area contributed by atoms with Crippen LogP contribution in [-0.4, -0.2) is 23.7 Å². The van der Waals surface area contributed by atoms with E-state index in [1.165, 1.54) is 11.1 Å². The van der Waals surface area contributed by atoms with Crippen molar-refractivity contribution >= 4 is 5.91 Å². The minimum atomic E-state index is -0.220. The first-order valence-corrected chi connectivity index (χ1v) is 7.76. The van der Waals surface area contributed by atoms with Gasteiger partial charge in [-0.05, 0) is 43.2 Å². The number of aryl methyl sites for hydroxylation is 1. The van der Waals surface area contributed by atoms with Gasteiger partial charge >= 0.3 is 0 Å². The number of rotatable bonds is 3. The van der Waals surface area contributed by atoms with E-state index in [9.17, 15) is 9.90 Å². The van der Waals surface area contributed by atoms with Gasteiger partial charge in [0.1, 0.15) is 0 Å². The second-order valence-corrected chi connectivity index (χ2v) is 6.21. The number of hydrogen-bond acceptors (Lipinski definition) is 2. The molecule has 0 bridgehead atoms. The van der Waals surface area contributed by atoms with E-state index in [1.807, 2.05) is 6.07 Å². The fraction of sp³-hybridized carbons (Fsp3) is 0.588. The van der Waals surface area contributed by atoms with Crippen LogP contribution in [0.15, 0.2) is 24.3 Å². The number of nitrogens with one attached hydrogen (secondary N) is 1. The van der Waals surface area contributed by atoms with Crippen molar-refractivity contribution in [3.05, 3.63) is 35.4 Å². The lowest BCUT2D eigenvalue weighted by molar-refractivity contribution is -0.125. The Bertz CT molecular complexity index is 486. The third kappa shape index (κ3) is 2.88. The molecule has 0 aromatic heterocycles. The summed E-state index contributed by atoms with van der Waals surface area (Å²) in [5.41, 5.74) is 2.71. The molecule has 0 spiro atoms. The van der Waals surface area contributed by atoms with E-state index < -0.39 is 0 Å². The van der Waals surface area contributed by atoms with Gasteiger partial charge in [0.2, 0.25) is 5.91 Å². The average Bonchev–Trinajstić information content (AvgIpc) is 2.89. The molecule has 0 radical (unpaired) electrons. The predicted octanol–water partition coefficient (Wildman–Crippen LogP) is 2.07. The van der Waals surface area contributed by atoms with E-state index in [1.54, 1.807) is 0 Å². The Labute approximate surface area is 120 Å². The van der Waals surface area contributed by atoms with E-state index in [-0.39, 0.29) is 23.8 Å². The van der Waals surface area contributed by atoms with Crippen LogP contribution in [0.5, 0.6) is 0 Å². The summed E-state index contributed by atoms with van der Waals surface area (Å²) in [6.45, 7) is 0.637. The predicted molar refractivity (Wildman–Crippen MR) is 78.3 cm³/mol. The lowest BCUT2D eigenvalue weighted by atomic mass is 9.83. The van der Waals surface area contributed by atoms with Gasteiger partial charge in [-0.25, -0.2) is 0 Å². The Morgan fingerprint density at radius 3 is 2.75 bits per heavy atom. The largest absolute Gasteiger partial charge is 0.393 e. The molecule has 20 heavy (non-hydrogen) atoms. The van der Waals surface area contributed by atoms with Crippen molar-refractivity contribution in [2.24, 2.45) is 11.8 Å². The van der Waals surface area contributed by atoms with Crippen molar-refractivity contribution in [3.8, 4) is 0 Å². The number of hydrogen-bond donors (Lipinski definition) is 2. The minimum absolute atomic E-state index is 0.100. The molecular formula is C17H23NO2. The molecule has 1 fully saturated rings. The molecule has 1 saturated carbocycles. The first-order valence-electron chi connectivity index (χ1n) is 7.76. The van der Waals surface area contributed by atoms with Gasteiger partial charge in [0.05, 0.1) is 6.10 Å². The number of carbonyl (C=O) groups is 1. The third-order valence-corrected chi connectivity index (χ3v) is 4.88. The first-order chi connectivity index (χ1) is 9.74. The Morgan fingerprint density at radius 1 is 1.20 bits per heavy atom. The monoisotopic (exact) mass is 273 g/mol. The summed E-state index contributed by atoms with van der Waals surface area (Å²) in [6.07, 6.45) is 5.58. The molecule has 3 rings (SSSR count). The fourth-order valence-electron chi connectivity index (χ4n) is 3.55. The van der Waals surface area contributed by atoms with Crippen LogP contribution in [0, 0.1) is 11.8 Å². The summed E-state index contributed by atoms with van der Waals surface area (Å²) in [6, 6.07) is 8.42. The standard InChI is InChI=1S/C17H23NO2/c19-16-7-3-6-15(16)11-18-17(20)14-9-8-12-4-1-2-5-13(12)10-14/h1-2,4-5,14-16,19H,3,6-11H2,(H,18,20). The van der Waals surface area contributed by atoms with E-state index in [0.717, 1.165) is 38.5 Å². The van der Waals surface area contributed by atoms with Crippen LogP contribution in [0.2, 0.25) is 0 Å². The van der Waals surface area contributed by atoms with Crippen LogP contribution in [0.1, 0.15) is 36.8 Å². The highest BCUT2D eigenvalue weighted by atomic mass is 16.3. The molecule has 3 nitrogen and oxygen atoms in total. The summed E-state index contributed by atoms with van der Waals surface area (Å²) in [4.78, 5) is 12.3. The van der Waals surface area contributed by atoms with Crippen LogP contribution >= 0.6 is 0 Å². The maximum Gasteiger partial charge on any atom is 0.223 e. The Morgan fingerprint density at radius 2 is 2.00 bits per heavy atom. The van der Waals surface area contributed by atoms with Gasteiger partial charge in [0, 0.05) is 18.4 Å². The van der Waals surface area contributed by atoms with Crippen LogP contribution in [0.3, 0.4) is 0 Å². The lowest BCUT2D eigenvalue weighted by Crippen LogP contribution is -2.38. The zero-order chi connectivity index (χ0) is 13.9. The summed E-state index contributed by atoms with van der Waals surface area (Å²) in [5.74, 6) is 0.525. The van der Waals surface area contributed by atoms with Crippen molar-refractivity contribution in [2.75, 3.05) is 6.54 Å². The maximum atomic E-state index is 12.3. The van der Waals surface area contributed by atoms with Gasteiger partial charge in [-0.2, -0.15) is 0 Å². The first kappa shape index (κ1) is 13.6. The fourth-order valence-corrected chi connectivity index (χ4v) is 3.55. The van der Waals surface area contributed by atoms with Crippen LogP contribution < -0.4 is 5.32 Å². The third-order valence-electron chi connectivity index (χ3n) is 4.88. The smallest absolute Gasteiger partial charge is 0.223 e. The van der Waals surface area contributed by atoms with E-state index in [2.05, 4.69) is 23.5 Å². The van der Waals surface area contributed by atoms with Gasteiger partial charge in [0.25, 0.3) is 0 Å². The Balaban J connectivity index is 1.54. The molecule has 3 heteroatoms. The van der Waals surface area contributed by atoms with Crippen LogP contribution in [0.25, 0.3) is 0 Å².